The lowest BCUT2D eigenvalue weighted by Gasteiger charge is -2.24. The first kappa shape index (κ1) is 17.1. The first-order valence-electron chi connectivity index (χ1n) is 8.31. The van der Waals surface area contributed by atoms with Crippen molar-refractivity contribution in [3.8, 4) is 11.5 Å². The average molecular weight is 361 g/mol. The quantitative estimate of drug-likeness (QED) is 0.680. The van der Waals surface area contributed by atoms with Crippen molar-refractivity contribution in [1.82, 2.24) is 5.32 Å². The van der Waals surface area contributed by atoms with Crippen LogP contribution < -0.4 is 15.4 Å². The Labute approximate surface area is 153 Å². The highest BCUT2D eigenvalue weighted by molar-refractivity contribution is 7.80. The molecule has 3 rings (SSSR count). The molecule has 2 N–H and O–H groups in total. The first-order chi connectivity index (χ1) is 11.7. The van der Waals surface area contributed by atoms with Gasteiger partial charge in [-0.15, -0.1) is 0 Å². The highest BCUT2D eigenvalue weighted by Gasteiger charge is 2.13. The molecule has 0 atom stereocenters. The Hall–Kier alpha value is -1.78. The second-order valence-corrected chi connectivity index (χ2v) is 6.81. The third-order valence-corrected chi connectivity index (χ3v) is 4.65. The summed E-state index contributed by atoms with van der Waals surface area (Å²) in [5.74, 6) is 1.38. The van der Waals surface area contributed by atoms with E-state index < -0.39 is 0 Å². The van der Waals surface area contributed by atoms with Crippen molar-refractivity contribution in [3.63, 3.8) is 0 Å². The molecule has 24 heavy (non-hydrogen) atoms. The summed E-state index contributed by atoms with van der Waals surface area (Å²) >= 11 is 11.5. The minimum absolute atomic E-state index is 0.501. The van der Waals surface area contributed by atoms with E-state index in [1.165, 1.54) is 32.1 Å². The Bertz CT molecular complexity index is 684. The number of ether oxygens (including phenoxy) is 1. The van der Waals surface area contributed by atoms with E-state index >= 15 is 0 Å². The van der Waals surface area contributed by atoms with Crippen molar-refractivity contribution >= 4 is 34.6 Å². The number of nitrogens with one attached hydrogen (secondary N) is 2. The maximum Gasteiger partial charge on any atom is 0.170 e. The van der Waals surface area contributed by atoms with Crippen molar-refractivity contribution in [2.75, 3.05) is 5.32 Å². The van der Waals surface area contributed by atoms with Crippen LogP contribution in [0.3, 0.4) is 0 Å². The SMILES string of the molecule is S=C(Nc1ccc(Oc2ccccc2Cl)cc1)NC1CCCCC1. The Morgan fingerprint density at radius 2 is 1.71 bits per heavy atom. The number of benzene rings is 2. The van der Waals surface area contributed by atoms with E-state index in [1.807, 2.05) is 48.5 Å². The molecule has 126 valence electrons. The molecule has 2 aromatic rings. The van der Waals surface area contributed by atoms with Gasteiger partial charge in [-0.25, -0.2) is 0 Å². The van der Waals surface area contributed by atoms with E-state index in [4.69, 9.17) is 28.6 Å². The molecule has 2 aromatic carbocycles. The Morgan fingerprint density at radius 1 is 1.00 bits per heavy atom. The number of hydrogen-bond acceptors (Lipinski definition) is 2. The molecule has 1 fully saturated rings. The van der Waals surface area contributed by atoms with Gasteiger partial charge < -0.3 is 15.4 Å². The van der Waals surface area contributed by atoms with Gasteiger partial charge in [0.1, 0.15) is 11.5 Å². The Balaban J connectivity index is 1.54. The molecule has 1 saturated carbocycles. The predicted molar refractivity (Wildman–Crippen MR) is 104 cm³/mol. The molecule has 0 saturated heterocycles. The molecule has 0 unspecified atom stereocenters. The highest BCUT2D eigenvalue weighted by Crippen LogP contribution is 2.29. The van der Waals surface area contributed by atoms with Gasteiger partial charge in [0.05, 0.1) is 5.02 Å². The lowest BCUT2D eigenvalue weighted by atomic mass is 9.96. The van der Waals surface area contributed by atoms with Crippen molar-refractivity contribution in [2.45, 2.75) is 38.1 Å². The summed E-state index contributed by atoms with van der Waals surface area (Å²) in [7, 11) is 0. The van der Waals surface area contributed by atoms with Crippen LogP contribution in [-0.2, 0) is 0 Å². The topological polar surface area (TPSA) is 33.3 Å². The number of hydrogen-bond donors (Lipinski definition) is 2. The van der Waals surface area contributed by atoms with Gasteiger partial charge in [0.15, 0.2) is 5.11 Å². The van der Waals surface area contributed by atoms with Gasteiger partial charge in [0.25, 0.3) is 0 Å². The molecular weight excluding hydrogens is 340 g/mol. The third-order valence-electron chi connectivity index (χ3n) is 4.12. The fourth-order valence-corrected chi connectivity index (χ4v) is 3.32. The highest BCUT2D eigenvalue weighted by atomic mass is 35.5. The fraction of sp³-hybridized carbons (Fsp3) is 0.316. The minimum Gasteiger partial charge on any atom is -0.456 e. The fourth-order valence-electron chi connectivity index (χ4n) is 2.86. The van der Waals surface area contributed by atoms with E-state index in [9.17, 15) is 0 Å². The molecule has 5 heteroatoms. The number of halogens is 1. The zero-order chi connectivity index (χ0) is 16.8. The lowest BCUT2D eigenvalue weighted by Crippen LogP contribution is -2.38. The lowest BCUT2D eigenvalue weighted by molar-refractivity contribution is 0.415. The Kier molecular flexibility index (Phi) is 5.94. The van der Waals surface area contributed by atoms with Gasteiger partial charge in [-0.2, -0.15) is 0 Å². The molecule has 0 aromatic heterocycles. The molecule has 3 nitrogen and oxygen atoms in total. The third kappa shape index (κ3) is 4.86. The van der Waals surface area contributed by atoms with E-state index in [1.54, 1.807) is 0 Å². The van der Waals surface area contributed by atoms with Crippen molar-refractivity contribution < 1.29 is 4.74 Å². The molecule has 0 amide bonds. The van der Waals surface area contributed by atoms with E-state index in [2.05, 4.69) is 10.6 Å². The minimum atomic E-state index is 0.501. The second kappa shape index (κ2) is 8.36. The summed E-state index contributed by atoms with van der Waals surface area (Å²) in [5, 5.41) is 7.91. The summed E-state index contributed by atoms with van der Waals surface area (Å²) in [6.45, 7) is 0. The monoisotopic (exact) mass is 360 g/mol. The summed E-state index contributed by atoms with van der Waals surface area (Å²) in [5.41, 5.74) is 0.940. The smallest absolute Gasteiger partial charge is 0.170 e. The standard InChI is InChI=1S/C19H21ClN2OS/c20-17-8-4-5-9-18(17)23-16-12-10-15(11-13-16)22-19(24)21-14-6-2-1-3-7-14/h4-5,8-14H,1-3,6-7H2,(H2,21,22,24). The van der Waals surface area contributed by atoms with Gasteiger partial charge in [0, 0.05) is 11.7 Å². The number of para-hydroxylation sites is 1. The number of anilines is 1. The summed E-state index contributed by atoms with van der Waals surface area (Å²) in [4.78, 5) is 0. The second-order valence-electron chi connectivity index (χ2n) is 5.99. The molecule has 0 aliphatic heterocycles. The van der Waals surface area contributed by atoms with Crippen LogP contribution in [0.4, 0.5) is 5.69 Å². The molecule has 0 heterocycles. The van der Waals surface area contributed by atoms with E-state index in [0.29, 0.717) is 21.9 Å². The first-order valence-corrected chi connectivity index (χ1v) is 9.09. The van der Waals surface area contributed by atoms with Crippen molar-refractivity contribution in [3.05, 3.63) is 53.6 Å². The largest absolute Gasteiger partial charge is 0.456 e. The summed E-state index contributed by atoms with van der Waals surface area (Å²) < 4.78 is 5.78. The van der Waals surface area contributed by atoms with Gasteiger partial charge in [-0.3, -0.25) is 0 Å². The molecule has 0 radical (unpaired) electrons. The van der Waals surface area contributed by atoms with Crippen LogP contribution in [0.25, 0.3) is 0 Å². The van der Waals surface area contributed by atoms with Gasteiger partial charge in [-0.1, -0.05) is 43.0 Å². The summed E-state index contributed by atoms with van der Waals surface area (Å²) in [6, 6.07) is 15.6. The zero-order valence-corrected chi connectivity index (χ0v) is 15.0. The van der Waals surface area contributed by atoms with Crippen molar-refractivity contribution in [2.24, 2.45) is 0 Å². The normalized spacial score (nSPS) is 14.9. The maximum atomic E-state index is 6.10. The number of rotatable bonds is 4. The van der Waals surface area contributed by atoms with Crippen LogP contribution >= 0.6 is 23.8 Å². The van der Waals surface area contributed by atoms with Crippen LogP contribution in [-0.4, -0.2) is 11.2 Å². The maximum absolute atomic E-state index is 6.10. The van der Waals surface area contributed by atoms with Gasteiger partial charge in [0.2, 0.25) is 0 Å². The zero-order valence-electron chi connectivity index (χ0n) is 13.4. The van der Waals surface area contributed by atoms with Crippen LogP contribution in [0.2, 0.25) is 5.02 Å². The number of thiocarbonyl (C=S) groups is 1. The molecule has 0 spiro atoms. The van der Waals surface area contributed by atoms with Crippen LogP contribution in [0.1, 0.15) is 32.1 Å². The van der Waals surface area contributed by atoms with Gasteiger partial charge >= 0.3 is 0 Å². The molecule has 1 aliphatic rings. The molecule has 1 aliphatic carbocycles. The Morgan fingerprint density at radius 3 is 2.42 bits per heavy atom. The molecule has 0 bridgehead atoms. The average Bonchev–Trinajstić information content (AvgIpc) is 2.59. The van der Waals surface area contributed by atoms with Crippen LogP contribution in [0.15, 0.2) is 48.5 Å². The van der Waals surface area contributed by atoms with Gasteiger partial charge in [-0.05, 0) is 61.5 Å². The van der Waals surface area contributed by atoms with Crippen molar-refractivity contribution in [1.29, 1.82) is 0 Å². The van der Waals surface area contributed by atoms with Crippen LogP contribution in [0.5, 0.6) is 11.5 Å². The van der Waals surface area contributed by atoms with E-state index in [-0.39, 0.29) is 0 Å². The predicted octanol–water partition coefficient (Wildman–Crippen LogP) is 5.75. The molecular formula is C19H21ClN2OS. The van der Waals surface area contributed by atoms with Crippen LogP contribution in [0, 0.1) is 0 Å². The summed E-state index contributed by atoms with van der Waals surface area (Å²) in [6.07, 6.45) is 6.31. The van der Waals surface area contributed by atoms with E-state index in [0.717, 1.165) is 11.4 Å².